The second kappa shape index (κ2) is 11.0. The lowest BCUT2D eigenvalue weighted by Gasteiger charge is -2.27. The van der Waals surface area contributed by atoms with Gasteiger partial charge in [-0.25, -0.2) is 5.01 Å². The summed E-state index contributed by atoms with van der Waals surface area (Å²) in [7, 11) is 4.62. The third-order valence-corrected chi connectivity index (χ3v) is 5.90. The van der Waals surface area contributed by atoms with Crippen LogP contribution < -0.4 is 4.74 Å². The zero-order chi connectivity index (χ0) is 22.2. The molecule has 1 aliphatic heterocycles. The molecule has 8 nitrogen and oxygen atoms in total. The van der Waals surface area contributed by atoms with Crippen molar-refractivity contribution < 1.29 is 23.8 Å². The minimum atomic E-state index is -0.268. The zero-order valence-corrected chi connectivity index (χ0v) is 18.8. The normalized spacial score (nSPS) is 15.6. The second-order valence-corrected chi connectivity index (χ2v) is 7.94. The topological polar surface area (TPSA) is 80.7 Å². The van der Waals surface area contributed by atoms with Crippen molar-refractivity contribution in [3.63, 3.8) is 0 Å². The van der Waals surface area contributed by atoms with Gasteiger partial charge in [-0.15, -0.1) is 11.3 Å². The molecule has 0 unspecified atom stereocenters. The zero-order valence-electron chi connectivity index (χ0n) is 17.9. The molecule has 31 heavy (non-hydrogen) atoms. The number of hydrogen-bond acceptors (Lipinski definition) is 7. The third kappa shape index (κ3) is 5.69. The molecule has 1 aromatic heterocycles. The molecule has 0 radical (unpaired) electrons. The molecule has 3 rings (SSSR count). The summed E-state index contributed by atoms with van der Waals surface area (Å²) in [6, 6.07) is 11.3. The number of carbonyl (C=O) groups is 2. The lowest BCUT2D eigenvalue weighted by Crippen LogP contribution is -2.44. The van der Waals surface area contributed by atoms with Crippen molar-refractivity contribution in [1.29, 1.82) is 0 Å². The van der Waals surface area contributed by atoms with Crippen molar-refractivity contribution >= 4 is 28.9 Å². The van der Waals surface area contributed by atoms with Gasteiger partial charge < -0.3 is 19.1 Å². The Labute approximate surface area is 186 Å². The molecule has 0 bridgehead atoms. The van der Waals surface area contributed by atoms with Crippen LogP contribution in [0, 0.1) is 0 Å². The van der Waals surface area contributed by atoms with Crippen molar-refractivity contribution in [3.8, 4) is 5.75 Å². The van der Waals surface area contributed by atoms with Crippen LogP contribution in [0.1, 0.15) is 22.9 Å². The minimum absolute atomic E-state index is 0.0946. The smallest absolute Gasteiger partial charge is 0.262 e. The molecule has 0 spiro atoms. The van der Waals surface area contributed by atoms with Gasteiger partial charge in [-0.05, 0) is 29.1 Å². The Morgan fingerprint density at radius 2 is 1.94 bits per heavy atom. The Hall–Kier alpha value is -2.75. The summed E-state index contributed by atoms with van der Waals surface area (Å²) in [4.78, 5) is 28.1. The molecule has 0 aliphatic carbocycles. The Kier molecular flexibility index (Phi) is 8.16. The number of ether oxygens (including phenoxy) is 3. The van der Waals surface area contributed by atoms with Gasteiger partial charge in [-0.1, -0.05) is 18.2 Å². The highest BCUT2D eigenvalue weighted by atomic mass is 32.1. The van der Waals surface area contributed by atoms with Gasteiger partial charge in [0.15, 0.2) is 0 Å². The van der Waals surface area contributed by atoms with Crippen LogP contribution in [0.15, 0.2) is 46.9 Å². The third-order valence-electron chi connectivity index (χ3n) is 4.98. The molecule has 1 aromatic carbocycles. The van der Waals surface area contributed by atoms with Crippen molar-refractivity contribution in [3.05, 3.63) is 52.2 Å². The summed E-state index contributed by atoms with van der Waals surface area (Å²) < 4.78 is 15.3. The van der Waals surface area contributed by atoms with E-state index >= 15 is 0 Å². The van der Waals surface area contributed by atoms with Crippen molar-refractivity contribution in [2.45, 2.75) is 12.5 Å². The molecule has 0 fully saturated rings. The standard InChI is InChI=1S/C22H27N3O5S/c1-28-11-10-24(22(27)15-29-2)14-21(26)25-19(16-6-8-17(30-3)9-7-16)13-18(23-25)20-5-4-12-31-20/h4-9,12,19H,10-11,13-15H2,1-3H3/t19-/m0/s1. The first-order chi connectivity index (χ1) is 15.1. The summed E-state index contributed by atoms with van der Waals surface area (Å²) in [5, 5.41) is 8.13. The predicted octanol–water partition coefficient (Wildman–Crippen LogP) is 2.56. The number of amides is 2. The number of benzene rings is 1. The molecule has 2 heterocycles. The van der Waals surface area contributed by atoms with Crippen LogP contribution in [-0.2, 0) is 19.1 Å². The highest BCUT2D eigenvalue weighted by Gasteiger charge is 2.34. The number of thiophene rings is 1. The average Bonchev–Trinajstić information content (AvgIpc) is 3.46. The van der Waals surface area contributed by atoms with E-state index < -0.39 is 0 Å². The van der Waals surface area contributed by atoms with Crippen LogP contribution in [0.4, 0.5) is 0 Å². The molecule has 0 saturated carbocycles. The summed E-state index contributed by atoms with van der Waals surface area (Å²) in [5.41, 5.74) is 1.81. The fraction of sp³-hybridized carbons (Fsp3) is 0.409. The van der Waals surface area contributed by atoms with Crippen LogP contribution in [0.25, 0.3) is 0 Å². The Bertz CT molecular complexity index is 898. The molecule has 0 N–H and O–H groups in total. The quantitative estimate of drug-likeness (QED) is 0.562. The van der Waals surface area contributed by atoms with E-state index in [4.69, 9.17) is 14.2 Å². The van der Waals surface area contributed by atoms with E-state index in [-0.39, 0.29) is 31.0 Å². The van der Waals surface area contributed by atoms with Crippen LogP contribution in [0.3, 0.4) is 0 Å². The van der Waals surface area contributed by atoms with Crippen molar-refractivity contribution in [2.75, 3.05) is 47.6 Å². The van der Waals surface area contributed by atoms with Gasteiger partial charge in [0.2, 0.25) is 5.91 Å². The monoisotopic (exact) mass is 445 g/mol. The highest BCUT2D eigenvalue weighted by molar-refractivity contribution is 7.12. The predicted molar refractivity (Wildman–Crippen MR) is 118 cm³/mol. The van der Waals surface area contributed by atoms with Gasteiger partial charge in [0.25, 0.3) is 5.91 Å². The number of rotatable bonds is 10. The number of hydrazone groups is 1. The van der Waals surface area contributed by atoms with Crippen LogP contribution in [0.2, 0.25) is 0 Å². The van der Waals surface area contributed by atoms with Crippen molar-refractivity contribution in [2.24, 2.45) is 5.10 Å². The molecule has 2 aromatic rings. The fourth-order valence-corrected chi connectivity index (χ4v) is 4.08. The fourth-order valence-electron chi connectivity index (χ4n) is 3.36. The molecular formula is C22H27N3O5S. The van der Waals surface area contributed by atoms with E-state index in [0.29, 0.717) is 19.6 Å². The molecule has 1 aliphatic rings. The van der Waals surface area contributed by atoms with Crippen molar-refractivity contribution in [1.82, 2.24) is 9.91 Å². The number of nitrogens with zero attached hydrogens (tertiary/aromatic N) is 3. The minimum Gasteiger partial charge on any atom is -0.497 e. The molecule has 9 heteroatoms. The maximum atomic E-state index is 13.3. The van der Waals surface area contributed by atoms with Crippen LogP contribution >= 0.6 is 11.3 Å². The Morgan fingerprint density at radius 3 is 2.55 bits per heavy atom. The number of methoxy groups -OCH3 is 3. The first-order valence-corrected chi connectivity index (χ1v) is 10.8. The second-order valence-electron chi connectivity index (χ2n) is 7.00. The van der Waals surface area contributed by atoms with Gasteiger partial charge in [-0.2, -0.15) is 5.10 Å². The molecule has 0 saturated heterocycles. The summed E-state index contributed by atoms with van der Waals surface area (Å²) in [6.45, 7) is 0.434. The number of carbonyl (C=O) groups excluding carboxylic acids is 2. The summed E-state index contributed by atoms with van der Waals surface area (Å²) in [5.74, 6) is 0.221. The molecular weight excluding hydrogens is 418 g/mol. The largest absolute Gasteiger partial charge is 0.497 e. The highest BCUT2D eigenvalue weighted by Crippen LogP contribution is 2.34. The van der Waals surface area contributed by atoms with Gasteiger partial charge in [0.05, 0.1) is 30.3 Å². The first-order valence-electron chi connectivity index (χ1n) is 9.90. The van der Waals surface area contributed by atoms with E-state index in [0.717, 1.165) is 21.9 Å². The maximum Gasteiger partial charge on any atom is 0.262 e. The van der Waals surface area contributed by atoms with Crippen LogP contribution in [-0.4, -0.2) is 75.1 Å². The lowest BCUT2D eigenvalue weighted by atomic mass is 10.0. The SMILES string of the molecule is COCCN(CC(=O)N1N=C(c2cccs2)C[C@H]1c1ccc(OC)cc1)C(=O)COC. The van der Waals surface area contributed by atoms with E-state index in [1.165, 1.54) is 17.0 Å². The van der Waals surface area contributed by atoms with Gasteiger partial charge in [0, 0.05) is 27.2 Å². The summed E-state index contributed by atoms with van der Waals surface area (Å²) >= 11 is 1.59. The van der Waals surface area contributed by atoms with E-state index in [2.05, 4.69) is 5.10 Å². The molecule has 166 valence electrons. The Morgan fingerprint density at radius 1 is 1.16 bits per heavy atom. The lowest BCUT2D eigenvalue weighted by molar-refractivity contribution is -0.144. The van der Waals surface area contributed by atoms with Gasteiger partial charge >= 0.3 is 0 Å². The summed E-state index contributed by atoms with van der Waals surface area (Å²) in [6.07, 6.45) is 0.600. The van der Waals surface area contributed by atoms with E-state index in [9.17, 15) is 9.59 Å². The van der Waals surface area contributed by atoms with E-state index in [1.54, 1.807) is 25.6 Å². The maximum absolute atomic E-state index is 13.3. The van der Waals surface area contributed by atoms with Gasteiger partial charge in [-0.3, -0.25) is 9.59 Å². The first kappa shape index (κ1) is 22.9. The average molecular weight is 446 g/mol. The molecule has 2 amide bonds. The van der Waals surface area contributed by atoms with Gasteiger partial charge in [0.1, 0.15) is 18.9 Å². The number of hydrogen-bond donors (Lipinski definition) is 0. The Balaban J connectivity index is 1.84. The van der Waals surface area contributed by atoms with E-state index in [1.807, 2.05) is 41.8 Å². The van der Waals surface area contributed by atoms with Crippen LogP contribution in [0.5, 0.6) is 5.75 Å². The molecule has 1 atom stereocenters.